The molecule has 0 radical (unpaired) electrons. The summed E-state index contributed by atoms with van der Waals surface area (Å²) in [7, 11) is 0. The monoisotopic (exact) mass is 492 g/mol. The average molecular weight is 493 g/mol. The van der Waals surface area contributed by atoms with Crippen LogP contribution in [-0.2, 0) is 11.3 Å². The van der Waals surface area contributed by atoms with Crippen LogP contribution in [0.1, 0.15) is 55.2 Å². The molecule has 3 heterocycles. The Morgan fingerprint density at radius 3 is 2.65 bits per heavy atom. The van der Waals surface area contributed by atoms with Gasteiger partial charge in [0, 0.05) is 49.9 Å². The number of nitrogens with one attached hydrogen (secondary N) is 2. The molecule has 2 amide bonds. The molecule has 0 bridgehead atoms. The van der Waals surface area contributed by atoms with Crippen LogP contribution in [-0.4, -0.2) is 67.7 Å². The molecule has 34 heavy (non-hydrogen) atoms. The Bertz CT molecular complexity index is 1180. The lowest BCUT2D eigenvalue weighted by Gasteiger charge is -2.33. The van der Waals surface area contributed by atoms with Crippen molar-refractivity contribution < 1.29 is 14.7 Å². The fourth-order valence-corrected chi connectivity index (χ4v) is 4.20. The van der Waals surface area contributed by atoms with Crippen LogP contribution in [0.15, 0.2) is 10.9 Å². The zero-order valence-corrected chi connectivity index (χ0v) is 20.8. The van der Waals surface area contributed by atoms with Gasteiger partial charge in [-0.2, -0.15) is 9.61 Å². The Morgan fingerprint density at radius 1 is 1.32 bits per heavy atom. The van der Waals surface area contributed by atoms with Gasteiger partial charge >= 0.3 is 0 Å². The molecule has 11 heteroatoms. The fourth-order valence-electron chi connectivity index (χ4n) is 4.20. The summed E-state index contributed by atoms with van der Waals surface area (Å²) in [5.41, 5.74) is 0.596. The summed E-state index contributed by atoms with van der Waals surface area (Å²) in [6, 6.07) is 0.124. The highest BCUT2D eigenvalue weighted by atomic mass is 35.5. The van der Waals surface area contributed by atoms with E-state index in [1.165, 1.54) is 15.2 Å². The highest BCUT2D eigenvalue weighted by Gasteiger charge is 2.30. The van der Waals surface area contributed by atoms with E-state index in [1.807, 2.05) is 20.8 Å². The molecule has 0 unspecified atom stereocenters. The summed E-state index contributed by atoms with van der Waals surface area (Å²) in [5, 5.41) is 21.3. The molecule has 1 atom stereocenters. The Kier molecular flexibility index (Phi) is 7.72. The first-order valence-corrected chi connectivity index (χ1v) is 11.5. The number of carbonyl (C=O) groups is 2. The van der Waals surface area contributed by atoms with Crippen molar-refractivity contribution in [2.75, 3.05) is 19.6 Å². The first-order valence-electron chi connectivity index (χ1n) is 11.5. The molecular weight excluding hydrogens is 460 g/mol. The van der Waals surface area contributed by atoms with Crippen molar-refractivity contribution in [1.29, 1.82) is 0 Å². The van der Waals surface area contributed by atoms with Crippen molar-refractivity contribution >= 4 is 35.9 Å². The Morgan fingerprint density at radius 2 is 2.03 bits per heavy atom. The van der Waals surface area contributed by atoms with E-state index < -0.39 is 17.3 Å². The first-order chi connectivity index (χ1) is 15.7. The number of piperazine rings is 1. The minimum Gasteiger partial charge on any atom is -0.492 e. The third-order valence-corrected chi connectivity index (χ3v) is 6.08. The van der Waals surface area contributed by atoms with E-state index in [2.05, 4.69) is 15.7 Å². The number of hydrogen-bond acceptors (Lipinski definition) is 6. The molecule has 1 aliphatic heterocycles. The molecule has 2 fully saturated rings. The third-order valence-electron chi connectivity index (χ3n) is 6.08. The number of halogens is 1. The van der Waals surface area contributed by atoms with Crippen LogP contribution in [0.5, 0.6) is 5.88 Å². The van der Waals surface area contributed by atoms with Crippen molar-refractivity contribution in [2.45, 2.75) is 59.2 Å². The van der Waals surface area contributed by atoms with E-state index in [1.54, 1.807) is 17.9 Å². The maximum atomic E-state index is 13.4. The molecule has 2 aromatic rings. The summed E-state index contributed by atoms with van der Waals surface area (Å²) in [6.07, 6.45) is 4.87. The Hall–Kier alpha value is -2.85. The van der Waals surface area contributed by atoms with Crippen molar-refractivity contribution in [2.24, 2.45) is 5.92 Å². The van der Waals surface area contributed by atoms with Gasteiger partial charge in [0.25, 0.3) is 11.5 Å². The average Bonchev–Trinajstić information content (AvgIpc) is 3.50. The maximum Gasteiger partial charge on any atom is 0.270 e. The summed E-state index contributed by atoms with van der Waals surface area (Å²) < 4.78 is 2.71. The molecule has 4 rings (SSSR count). The second-order valence-corrected chi connectivity index (χ2v) is 9.41. The standard InChI is InChI=1S/C23H32N6O4.ClH/c1-13(2)12-28-21-17(7-8-18(30)27-10-9-24-11-14(27)3)15(4)26-29(21)23(33)19(22(28)32)20(31)25-16-5-6-16;/h7-8,13-14,16,24,33H,5-6,9-12H2,1-4H3,(H,25,31);1H/b8-7+;/t14-;/m1./s1. The van der Waals surface area contributed by atoms with Crippen molar-refractivity contribution in [3.63, 3.8) is 0 Å². The lowest BCUT2D eigenvalue weighted by Crippen LogP contribution is -2.51. The summed E-state index contributed by atoms with van der Waals surface area (Å²) in [6.45, 7) is 10.1. The maximum absolute atomic E-state index is 13.4. The minimum atomic E-state index is -0.590. The van der Waals surface area contributed by atoms with E-state index in [9.17, 15) is 19.5 Å². The zero-order valence-electron chi connectivity index (χ0n) is 20.0. The van der Waals surface area contributed by atoms with Crippen LogP contribution in [0.2, 0.25) is 0 Å². The molecule has 186 valence electrons. The number of amides is 2. The SMILES string of the molecule is Cc1nn2c(O)c(C(=O)NC3CC3)c(=O)n(CC(C)C)c2c1/C=C/C(=O)N1CCNC[C@H]1C.Cl. The summed E-state index contributed by atoms with van der Waals surface area (Å²) >= 11 is 0. The van der Waals surface area contributed by atoms with E-state index in [4.69, 9.17) is 0 Å². The second kappa shape index (κ2) is 10.2. The van der Waals surface area contributed by atoms with E-state index >= 15 is 0 Å². The van der Waals surface area contributed by atoms with E-state index in [0.29, 0.717) is 30.0 Å². The predicted octanol–water partition coefficient (Wildman–Crippen LogP) is 1.31. The molecule has 2 aromatic heterocycles. The van der Waals surface area contributed by atoms with E-state index in [-0.39, 0.29) is 41.9 Å². The van der Waals surface area contributed by atoms with Gasteiger partial charge in [-0.05, 0) is 38.7 Å². The largest absolute Gasteiger partial charge is 0.492 e. The normalized spacial score (nSPS) is 18.5. The number of nitrogens with zero attached hydrogens (tertiary/aromatic N) is 4. The number of hydrogen-bond donors (Lipinski definition) is 3. The molecule has 1 aliphatic carbocycles. The number of aromatic nitrogens is 3. The van der Waals surface area contributed by atoms with Crippen LogP contribution < -0.4 is 16.2 Å². The van der Waals surface area contributed by atoms with Crippen LogP contribution in [0.25, 0.3) is 11.7 Å². The quantitative estimate of drug-likeness (QED) is 0.523. The molecule has 1 saturated carbocycles. The Balaban J connectivity index is 0.00000324. The molecule has 1 saturated heterocycles. The van der Waals surface area contributed by atoms with Gasteiger partial charge in [-0.1, -0.05) is 13.8 Å². The van der Waals surface area contributed by atoms with Crippen molar-refractivity contribution in [3.8, 4) is 5.88 Å². The van der Waals surface area contributed by atoms with Gasteiger partial charge in [-0.15, -0.1) is 12.4 Å². The van der Waals surface area contributed by atoms with Gasteiger partial charge in [0.05, 0.1) is 5.69 Å². The van der Waals surface area contributed by atoms with Gasteiger partial charge in [0.15, 0.2) is 5.56 Å². The third kappa shape index (κ3) is 4.97. The molecule has 10 nitrogen and oxygen atoms in total. The second-order valence-electron chi connectivity index (χ2n) is 9.41. The van der Waals surface area contributed by atoms with E-state index in [0.717, 1.165) is 25.9 Å². The van der Waals surface area contributed by atoms with Gasteiger partial charge in [-0.25, -0.2) is 0 Å². The fraction of sp³-hybridized carbons (Fsp3) is 0.565. The van der Waals surface area contributed by atoms with Gasteiger partial charge < -0.3 is 20.6 Å². The highest BCUT2D eigenvalue weighted by Crippen LogP contribution is 2.25. The number of fused-ring (bicyclic) bond motifs is 1. The van der Waals surface area contributed by atoms with Crippen LogP contribution in [0.3, 0.4) is 0 Å². The highest BCUT2D eigenvalue weighted by molar-refractivity contribution is 5.97. The number of aryl methyl sites for hydroxylation is 1. The zero-order chi connectivity index (χ0) is 23.9. The number of rotatable bonds is 6. The molecular formula is C23H33ClN6O4. The number of carbonyl (C=O) groups excluding carboxylic acids is 2. The van der Waals surface area contributed by atoms with Gasteiger partial charge in [-0.3, -0.25) is 19.0 Å². The predicted molar refractivity (Wildman–Crippen MR) is 132 cm³/mol. The van der Waals surface area contributed by atoms with Crippen molar-refractivity contribution in [3.05, 3.63) is 33.3 Å². The minimum absolute atomic E-state index is 0. The smallest absolute Gasteiger partial charge is 0.270 e. The first kappa shape index (κ1) is 25.8. The lowest BCUT2D eigenvalue weighted by molar-refractivity contribution is -0.128. The van der Waals surface area contributed by atoms with Crippen LogP contribution in [0.4, 0.5) is 0 Å². The summed E-state index contributed by atoms with van der Waals surface area (Å²) in [5.74, 6) is -1.10. The summed E-state index contributed by atoms with van der Waals surface area (Å²) in [4.78, 5) is 40.7. The number of aromatic hydroxyl groups is 1. The molecule has 0 spiro atoms. The van der Waals surface area contributed by atoms with Gasteiger partial charge in [0.2, 0.25) is 11.8 Å². The lowest BCUT2D eigenvalue weighted by atomic mass is 10.1. The topological polar surface area (TPSA) is 121 Å². The van der Waals surface area contributed by atoms with Crippen molar-refractivity contribution in [1.82, 2.24) is 29.7 Å². The molecule has 0 aromatic carbocycles. The molecule has 3 N–H and O–H groups in total. The Labute approximate surface area is 204 Å². The molecule has 2 aliphatic rings. The van der Waals surface area contributed by atoms with Crippen LogP contribution in [0, 0.1) is 12.8 Å². The van der Waals surface area contributed by atoms with Gasteiger partial charge in [0.1, 0.15) is 5.65 Å². The van der Waals surface area contributed by atoms with Crippen LogP contribution >= 0.6 is 12.4 Å².